The van der Waals surface area contributed by atoms with Gasteiger partial charge in [0.05, 0.1) is 5.56 Å². The first-order valence-corrected chi connectivity index (χ1v) is 9.12. The normalized spacial score (nSPS) is 8.81. The van der Waals surface area contributed by atoms with Crippen LogP contribution < -0.4 is 56.5 Å². The van der Waals surface area contributed by atoms with E-state index in [1.807, 2.05) is 19.1 Å². The van der Waals surface area contributed by atoms with Crippen LogP contribution in [-0.2, 0) is 0 Å². The number of phenols is 2. The third-order valence-electron chi connectivity index (χ3n) is 2.22. The molecule has 0 fully saturated rings. The van der Waals surface area contributed by atoms with E-state index in [1.165, 1.54) is 6.07 Å². The molecule has 0 aliphatic carbocycles. The van der Waals surface area contributed by atoms with Crippen molar-refractivity contribution in [2.75, 3.05) is 5.33 Å². The van der Waals surface area contributed by atoms with E-state index in [1.54, 1.807) is 57.2 Å². The monoisotopic (exact) mass is 462 g/mol. The summed E-state index contributed by atoms with van der Waals surface area (Å²) in [7, 11) is 0. The molecule has 0 amide bonds. The first kappa shape index (κ1) is 31.2. The fraction of sp³-hybridized carbons (Fsp3) is 0.286. The zero-order chi connectivity index (χ0) is 20.6. The third kappa shape index (κ3) is 21.7. The third-order valence-corrected chi connectivity index (χ3v) is 2.22. The van der Waals surface area contributed by atoms with Gasteiger partial charge in [0, 0.05) is 10.9 Å². The van der Waals surface area contributed by atoms with Crippen LogP contribution in [0.5, 0.6) is 11.5 Å². The molecule has 0 spiro atoms. The summed E-state index contributed by atoms with van der Waals surface area (Å²) in [5, 5.41) is 29.1. The number of phenolic OH excluding ortho intramolecular Hbond substituents is 2. The van der Waals surface area contributed by atoms with Gasteiger partial charge in [-0.25, -0.2) is 0 Å². The number of para-hydroxylation sites is 2. The van der Waals surface area contributed by atoms with Crippen molar-refractivity contribution >= 4 is 28.3 Å². The van der Waals surface area contributed by atoms with Crippen molar-refractivity contribution in [3.05, 3.63) is 66.2 Å². The minimum absolute atomic E-state index is 0. The first-order valence-electron chi connectivity index (χ1n) is 8.00. The fourth-order valence-electron chi connectivity index (χ4n) is 1.25. The molecule has 27 heavy (non-hydrogen) atoms. The molecule has 6 heteroatoms. The number of benzene rings is 2. The average molecular weight is 463 g/mol. The summed E-state index contributed by atoms with van der Waals surface area (Å²) in [6, 6.07) is 13.5. The molecule has 4 nitrogen and oxygen atoms in total. The smallest absolute Gasteiger partial charge is 0.850 e. The van der Waals surface area contributed by atoms with Gasteiger partial charge in [-0.05, 0) is 18.2 Å². The summed E-state index contributed by atoms with van der Waals surface area (Å²) in [5.74, 6) is 0.319. The predicted molar refractivity (Wildman–Crippen MR) is 111 cm³/mol. The topological polar surface area (TPSA) is 80.6 Å². The zero-order valence-corrected chi connectivity index (χ0v) is 21.5. The number of carbonyl (C=O) groups excluding carboxylic acids is 1. The van der Waals surface area contributed by atoms with Crippen LogP contribution in [0.4, 0.5) is 0 Å². The van der Waals surface area contributed by atoms with Gasteiger partial charge in [-0.3, -0.25) is 4.79 Å². The van der Waals surface area contributed by atoms with Gasteiger partial charge >= 0.3 is 51.4 Å². The van der Waals surface area contributed by atoms with Crippen LogP contribution in [0.3, 0.4) is 0 Å². The summed E-state index contributed by atoms with van der Waals surface area (Å²) >= 11 is 3.15. The summed E-state index contributed by atoms with van der Waals surface area (Å²) < 4.78 is 0. The number of alkyl halides is 1. The molecule has 144 valence electrons. The van der Waals surface area contributed by atoms with Crippen LogP contribution in [0.1, 0.15) is 43.6 Å². The Kier molecular flexibility index (Phi) is 21.8. The van der Waals surface area contributed by atoms with Crippen molar-refractivity contribution < 1.29 is 71.5 Å². The van der Waals surface area contributed by atoms with Crippen molar-refractivity contribution in [1.29, 1.82) is 0 Å². The number of halogens is 1. The van der Waals surface area contributed by atoms with E-state index in [9.17, 15) is 9.90 Å². The van der Waals surface area contributed by atoms with Gasteiger partial charge in [0.1, 0.15) is 11.5 Å². The van der Waals surface area contributed by atoms with Crippen molar-refractivity contribution in [2.45, 2.75) is 33.3 Å². The molecule has 0 atom stereocenters. The standard InChI is InChI=1S/C8H8O.C7H6O2.C4H9O.C2H5Br.K/c1-2-7-5-3-4-6-8(7)9;8-5-6-3-1-2-4-7(6)9;1-4(2,3)5;1-2-3;/h2-6,9H,1H2;1-5,9H;1-3H3;2H2,1H3;/q;;-1;;+1. The van der Waals surface area contributed by atoms with Crippen LogP contribution in [0.15, 0.2) is 55.1 Å². The number of aromatic hydroxyl groups is 2. The van der Waals surface area contributed by atoms with Gasteiger partial charge in [-0.2, -0.15) is 0 Å². The van der Waals surface area contributed by atoms with E-state index in [0.717, 1.165) is 10.9 Å². The van der Waals surface area contributed by atoms with Crippen molar-refractivity contribution in [1.82, 2.24) is 0 Å². The molecule has 2 rings (SSSR count). The average Bonchev–Trinajstić information content (AvgIpc) is 2.56. The predicted octanol–water partition coefficient (Wildman–Crippen LogP) is 1.79. The quantitative estimate of drug-likeness (QED) is 0.404. The molecule has 2 aromatic rings. The van der Waals surface area contributed by atoms with Crippen LogP contribution in [0.25, 0.3) is 6.08 Å². The second kappa shape index (κ2) is 18.9. The van der Waals surface area contributed by atoms with Gasteiger partial charge in [0.2, 0.25) is 0 Å². The maximum atomic E-state index is 10.1. The Hall–Kier alpha value is -0.474. The summed E-state index contributed by atoms with van der Waals surface area (Å²) in [4.78, 5) is 10.1. The molecule has 2 N–H and O–H groups in total. The molecule has 0 aromatic heterocycles. The second-order valence-electron chi connectivity index (χ2n) is 5.82. The number of carbonyl (C=O) groups is 1. The molecular weight excluding hydrogens is 435 g/mol. The number of hydrogen-bond donors (Lipinski definition) is 2. The molecule has 0 saturated carbocycles. The minimum Gasteiger partial charge on any atom is -0.850 e. The summed E-state index contributed by atoms with van der Waals surface area (Å²) in [6.45, 7) is 10.5. The van der Waals surface area contributed by atoms with Gasteiger partial charge < -0.3 is 15.3 Å². The summed E-state index contributed by atoms with van der Waals surface area (Å²) in [6.07, 6.45) is 2.24. The Labute approximate surface area is 213 Å². The Morgan fingerprint density at radius 3 is 1.48 bits per heavy atom. The van der Waals surface area contributed by atoms with Crippen LogP contribution in [-0.4, -0.2) is 27.4 Å². The van der Waals surface area contributed by atoms with E-state index >= 15 is 0 Å². The molecular formula is C21H28BrKO4. The van der Waals surface area contributed by atoms with E-state index in [0.29, 0.717) is 11.8 Å². The van der Waals surface area contributed by atoms with Gasteiger partial charge in [0.15, 0.2) is 6.29 Å². The molecule has 0 aliphatic heterocycles. The zero-order valence-electron chi connectivity index (χ0n) is 16.8. The maximum absolute atomic E-state index is 10.1. The van der Waals surface area contributed by atoms with Gasteiger partial charge in [-0.1, -0.05) is 86.6 Å². The molecule has 0 unspecified atom stereocenters. The fourth-order valence-corrected chi connectivity index (χ4v) is 1.25. The molecule has 0 aliphatic rings. The molecule has 0 bridgehead atoms. The van der Waals surface area contributed by atoms with E-state index in [4.69, 9.17) is 10.2 Å². The molecule has 0 radical (unpaired) electrons. The minimum atomic E-state index is -0.750. The Morgan fingerprint density at radius 1 is 1.00 bits per heavy atom. The first-order chi connectivity index (χ1) is 12.1. The molecule has 2 aromatic carbocycles. The van der Waals surface area contributed by atoms with E-state index in [2.05, 4.69) is 22.5 Å². The summed E-state index contributed by atoms with van der Waals surface area (Å²) in [5.41, 5.74) is 0.356. The van der Waals surface area contributed by atoms with Crippen LogP contribution in [0, 0.1) is 0 Å². The van der Waals surface area contributed by atoms with Crippen molar-refractivity contribution in [2.24, 2.45) is 0 Å². The molecule has 0 saturated heterocycles. The van der Waals surface area contributed by atoms with Crippen LogP contribution in [0.2, 0.25) is 0 Å². The Morgan fingerprint density at radius 2 is 1.30 bits per heavy atom. The second-order valence-corrected chi connectivity index (χ2v) is 6.94. The largest absolute Gasteiger partial charge is 1.00 e. The van der Waals surface area contributed by atoms with Crippen LogP contribution >= 0.6 is 15.9 Å². The number of aldehydes is 1. The van der Waals surface area contributed by atoms with Gasteiger partial charge in [-0.15, -0.1) is 5.60 Å². The number of rotatable bonds is 2. The van der Waals surface area contributed by atoms with E-state index < -0.39 is 5.60 Å². The van der Waals surface area contributed by atoms with Crippen molar-refractivity contribution in [3.63, 3.8) is 0 Å². The SMILES string of the molecule is C=Cc1ccccc1O.CC(C)(C)[O-].CCBr.O=Cc1ccccc1O.[K+]. The Bertz CT molecular complexity index is 585. The molecule has 0 heterocycles. The maximum Gasteiger partial charge on any atom is 1.00 e. The van der Waals surface area contributed by atoms with Crippen molar-refractivity contribution in [3.8, 4) is 11.5 Å². The Balaban J connectivity index is -0.000000304. The van der Waals surface area contributed by atoms with Gasteiger partial charge in [0.25, 0.3) is 0 Å². The van der Waals surface area contributed by atoms with E-state index in [-0.39, 0.29) is 62.9 Å². The number of hydrogen-bond acceptors (Lipinski definition) is 4.